The average Bonchev–Trinajstić information content (AvgIpc) is 2.61. The zero-order valence-corrected chi connectivity index (χ0v) is 15.7. The lowest BCUT2D eigenvalue weighted by atomic mass is 10.0. The molecule has 1 aromatic carbocycles. The third-order valence-electron chi connectivity index (χ3n) is 3.98. The van der Waals surface area contributed by atoms with Crippen LogP contribution in [0.2, 0.25) is 0 Å². The summed E-state index contributed by atoms with van der Waals surface area (Å²) in [6, 6.07) is 10.2. The first-order chi connectivity index (χ1) is 12.4. The van der Waals surface area contributed by atoms with Crippen molar-refractivity contribution < 1.29 is 14.3 Å². The number of carbonyl (C=O) groups is 1. The maximum Gasteiger partial charge on any atom is 0.252 e. The Morgan fingerprint density at radius 3 is 2.46 bits per heavy atom. The largest absolute Gasteiger partial charge is 0.494 e. The molecule has 0 aliphatic heterocycles. The van der Waals surface area contributed by atoms with E-state index < -0.39 is 0 Å². The topological polar surface area (TPSA) is 80.4 Å². The van der Waals surface area contributed by atoms with Crippen LogP contribution in [-0.2, 0) is 4.74 Å². The van der Waals surface area contributed by atoms with E-state index >= 15 is 0 Å². The summed E-state index contributed by atoms with van der Waals surface area (Å²) in [5.41, 5.74) is 1.68. The van der Waals surface area contributed by atoms with Crippen LogP contribution in [0.15, 0.2) is 41.2 Å². The fourth-order valence-electron chi connectivity index (χ4n) is 2.60. The van der Waals surface area contributed by atoms with Crippen LogP contribution in [0, 0.1) is 0 Å². The highest BCUT2D eigenvalue weighted by Crippen LogP contribution is 2.19. The monoisotopic (exact) mass is 358 g/mol. The molecule has 2 rings (SSSR count). The highest BCUT2D eigenvalue weighted by Gasteiger charge is 2.17. The highest BCUT2D eigenvalue weighted by molar-refractivity contribution is 5.94. The summed E-state index contributed by atoms with van der Waals surface area (Å²) in [6.45, 7) is 6.76. The van der Waals surface area contributed by atoms with Gasteiger partial charge in [0, 0.05) is 24.4 Å². The lowest BCUT2D eigenvalue weighted by Crippen LogP contribution is -2.32. The van der Waals surface area contributed by atoms with Crippen molar-refractivity contribution in [3.8, 4) is 5.75 Å². The first-order valence-corrected chi connectivity index (χ1v) is 8.71. The predicted molar refractivity (Wildman–Crippen MR) is 101 cm³/mol. The Hall–Kier alpha value is -2.60. The fourth-order valence-corrected chi connectivity index (χ4v) is 2.60. The number of H-pyrrole nitrogens is 1. The van der Waals surface area contributed by atoms with E-state index in [1.807, 2.05) is 45.0 Å². The van der Waals surface area contributed by atoms with Crippen LogP contribution in [-0.4, -0.2) is 31.2 Å². The lowest BCUT2D eigenvalue weighted by Gasteiger charge is -2.19. The summed E-state index contributed by atoms with van der Waals surface area (Å²) in [5.74, 6) is 0.583. The molecule has 0 radical (unpaired) electrons. The van der Waals surface area contributed by atoms with E-state index in [0.717, 1.165) is 17.0 Å². The molecule has 2 N–H and O–H groups in total. The molecule has 0 aliphatic rings. The number of ether oxygens (including phenoxy) is 2. The SMILES string of the molecule is CCOc1ccc(C(COC)NC(=O)c2cc(C(C)C)[nH]c(=O)c2)cc1. The molecule has 1 amide bonds. The number of amides is 1. The number of hydrogen-bond donors (Lipinski definition) is 2. The molecule has 0 saturated carbocycles. The molecule has 1 aromatic heterocycles. The average molecular weight is 358 g/mol. The van der Waals surface area contributed by atoms with Crippen LogP contribution < -0.4 is 15.6 Å². The molecular weight excluding hydrogens is 332 g/mol. The van der Waals surface area contributed by atoms with Crippen molar-refractivity contribution >= 4 is 5.91 Å². The molecule has 0 aliphatic carbocycles. The third-order valence-corrected chi connectivity index (χ3v) is 3.98. The van der Waals surface area contributed by atoms with Crippen LogP contribution in [0.5, 0.6) is 5.75 Å². The van der Waals surface area contributed by atoms with Gasteiger partial charge in [0.1, 0.15) is 5.75 Å². The molecule has 0 bridgehead atoms. The van der Waals surface area contributed by atoms with Crippen molar-refractivity contribution in [3.63, 3.8) is 0 Å². The number of aromatic amines is 1. The molecule has 2 aromatic rings. The second-order valence-electron chi connectivity index (χ2n) is 6.33. The summed E-state index contributed by atoms with van der Waals surface area (Å²) >= 11 is 0. The Bertz CT molecular complexity index is 781. The van der Waals surface area contributed by atoms with Crippen LogP contribution in [0.3, 0.4) is 0 Å². The van der Waals surface area contributed by atoms with Gasteiger partial charge in [0.05, 0.1) is 19.3 Å². The van der Waals surface area contributed by atoms with E-state index in [2.05, 4.69) is 10.3 Å². The van der Waals surface area contributed by atoms with Gasteiger partial charge in [-0.1, -0.05) is 26.0 Å². The normalized spacial score (nSPS) is 12.0. The van der Waals surface area contributed by atoms with Gasteiger partial charge in [-0.3, -0.25) is 9.59 Å². The first kappa shape index (κ1) is 19.7. The number of benzene rings is 1. The van der Waals surface area contributed by atoms with E-state index in [0.29, 0.717) is 18.8 Å². The maximum absolute atomic E-state index is 12.7. The van der Waals surface area contributed by atoms with Crippen molar-refractivity contribution in [2.75, 3.05) is 20.3 Å². The zero-order valence-electron chi connectivity index (χ0n) is 15.7. The number of nitrogens with one attached hydrogen (secondary N) is 2. The summed E-state index contributed by atoms with van der Waals surface area (Å²) < 4.78 is 10.7. The predicted octanol–water partition coefficient (Wildman–Crippen LogP) is 3.01. The number of rotatable bonds is 8. The zero-order chi connectivity index (χ0) is 19.1. The molecule has 6 heteroatoms. The third kappa shape index (κ3) is 5.20. The van der Waals surface area contributed by atoms with Crippen LogP contribution in [0.4, 0.5) is 0 Å². The summed E-state index contributed by atoms with van der Waals surface area (Å²) in [4.78, 5) is 27.2. The van der Waals surface area contributed by atoms with Crippen molar-refractivity contribution in [1.29, 1.82) is 0 Å². The number of pyridine rings is 1. The van der Waals surface area contributed by atoms with Gasteiger partial charge < -0.3 is 19.8 Å². The first-order valence-electron chi connectivity index (χ1n) is 8.71. The number of carbonyl (C=O) groups excluding carboxylic acids is 1. The van der Waals surface area contributed by atoms with Gasteiger partial charge >= 0.3 is 0 Å². The van der Waals surface area contributed by atoms with E-state index in [9.17, 15) is 9.59 Å². The van der Waals surface area contributed by atoms with Gasteiger partial charge in [-0.05, 0) is 36.6 Å². The van der Waals surface area contributed by atoms with E-state index in [-0.39, 0.29) is 23.4 Å². The van der Waals surface area contributed by atoms with E-state index in [1.54, 1.807) is 13.2 Å². The Balaban J connectivity index is 2.21. The standard InChI is InChI=1S/C20H26N2O4/c1-5-26-16-8-6-14(7-9-16)18(12-25-4)22-20(24)15-10-17(13(2)3)21-19(23)11-15/h6-11,13,18H,5,12H2,1-4H3,(H,21,23)(H,22,24). The minimum absolute atomic E-state index is 0.122. The van der Waals surface area contributed by atoms with Crippen LogP contribution in [0.25, 0.3) is 0 Å². The summed E-state index contributed by atoms with van der Waals surface area (Å²) in [5, 5.41) is 2.94. The Morgan fingerprint density at radius 1 is 1.19 bits per heavy atom. The molecule has 0 fully saturated rings. The number of methoxy groups -OCH3 is 1. The second-order valence-corrected chi connectivity index (χ2v) is 6.33. The van der Waals surface area contributed by atoms with Crippen molar-refractivity contribution in [1.82, 2.24) is 10.3 Å². The van der Waals surface area contributed by atoms with Gasteiger partial charge in [-0.15, -0.1) is 0 Å². The van der Waals surface area contributed by atoms with Gasteiger partial charge in [0.15, 0.2) is 0 Å². The lowest BCUT2D eigenvalue weighted by molar-refractivity contribution is 0.0896. The van der Waals surface area contributed by atoms with Gasteiger partial charge in [-0.25, -0.2) is 0 Å². The van der Waals surface area contributed by atoms with E-state index in [4.69, 9.17) is 9.47 Å². The van der Waals surface area contributed by atoms with E-state index in [1.165, 1.54) is 6.07 Å². The fraction of sp³-hybridized carbons (Fsp3) is 0.400. The van der Waals surface area contributed by atoms with Crippen LogP contribution in [0.1, 0.15) is 54.3 Å². The second kappa shape index (κ2) is 9.20. The minimum Gasteiger partial charge on any atom is -0.494 e. The minimum atomic E-state index is -0.329. The number of hydrogen-bond acceptors (Lipinski definition) is 4. The smallest absolute Gasteiger partial charge is 0.252 e. The maximum atomic E-state index is 12.7. The van der Waals surface area contributed by atoms with Gasteiger partial charge in [0.2, 0.25) is 5.56 Å². The summed E-state index contributed by atoms with van der Waals surface area (Å²) in [7, 11) is 1.58. The van der Waals surface area contributed by atoms with Crippen LogP contribution >= 0.6 is 0 Å². The Morgan fingerprint density at radius 2 is 1.88 bits per heavy atom. The molecule has 0 saturated heterocycles. The molecular formula is C20H26N2O4. The van der Waals surface area contributed by atoms with Crippen molar-refractivity contribution in [2.24, 2.45) is 0 Å². The molecule has 1 heterocycles. The van der Waals surface area contributed by atoms with Gasteiger partial charge in [0.25, 0.3) is 5.91 Å². The molecule has 0 spiro atoms. The molecule has 6 nitrogen and oxygen atoms in total. The van der Waals surface area contributed by atoms with Crippen molar-refractivity contribution in [2.45, 2.75) is 32.7 Å². The summed E-state index contributed by atoms with van der Waals surface area (Å²) in [6.07, 6.45) is 0. The quantitative estimate of drug-likeness (QED) is 0.760. The highest BCUT2D eigenvalue weighted by atomic mass is 16.5. The molecule has 140 valence electrons. The Labute approximate surface area is 153 Å². The van der Waals surface area contributed by atoms with Crippen molar-refractivity contribution in [3.05, 3.63) is 63.6 Å². The van der Waals surface area contributed by atoms with Gasteiger partial charge in [-0.2, -0.15) is 0 Å². The number of aromatic nitrogens is 1. The molecule has 1 atom stereocenters. The molecule has 26 heavy (non-hydrogen) atoms. The molecule has 1 unspecified atom stereocenters. The Kier molecular flexibility index (Phi) is 6.97.